The Bertz CT molecular complexity index is 437. The van der Waals surface area contributed by atoms with E-state index in [2.05, 4.69) is 10.6 Å². The lowest BCUT2D eigenvalue weighted by Gasteiger charge is -2.24. The van der Waals surface area contributed by atoms with E-state index in [9.17, 15) is 19.5 Å². The van der Waals surface area contributed by atoms with Crippen LogP contribution in [-0.4, -0.2) is 41.9 Å². The zero-order valence-electron chi connectivity index (χ0n) is 15.4. The minimum Gasteiger partial charge on any atom is -0.548 e. The SMILES string of the molecule is CC(C)(C)OC(=O)NCCCC[C@@H](NC(=O)OC(C)(C)C)C(=O)[O-]. The van der Waals surface area contributed by atoms with Crippen LogP contribution in [0.15, 0.2) is 0 Å². The lowest BCUT2D eigenvalue weighted by Crippen LogP contribution is -2.49. The van der Waals surface area contributed by atoms with Crippen molar-refractivity contribution in [2.45, 2.75) is 78.0 Å². The third kappa shape index (κ3) is 12.5. The van der Waals surface area contributed by atoms with Gasteiger partial charge in [0.05, 0.1) is 12.0 Å². The van der Waals surface area contributed by atoms with Gasteiger partial charge in [0.1, 0.15) is 11.2 Å². The molecule has 0 aliphatic rings. The molecule has 0 aliphatic carbocycles. The molecule has 0 aromatic carbocycles. The first kappa shape index (κ1) is 22.0. The van der Waals surface area contributed by atoms with Crippen LogP contribution < -0.4 is 15.7 Å². The molecule has 2 amide bonds. The summed E-state index contributed by atoms with van der Waals surface area (Å²) in [6.07, 6.45) is -0.129. The summed E-state index contributed by atoms with van der Waals surface area (Å²) in [5.74, 6) is -1.37. The predicted molar refractivity (Wildman–Crippen MR) is 86.3 cm³/mol. The van der Waals surface area contributed by atoms with E-state index in [0.717, 1.165) is 0 Å². The van der Waals surface area contributed by atoms with Crippen LogP contribution in [0.2, 0.25) is 0 Å². The second kappa shape index (κ2) is 9.34. The summed E-state index contributed by atoms with van der Waals surface area (Å²) in [5, 5.41) is 15.9. The van der Waals surface area contributed by atoms with Gasteiger partial charge in [0, 0.05) is 6.54 Å². The zero-order valence-corrected chi connectivity index (χ0v) is 15.4. The number of unbranched alkanes of at least 4 members (excludes halogenated alkanes) is 1. The van der Waals surface area contributed by atoms with Crippen molar-refractivity contribution < 1.29 is 29.0 Å². The number of amides is 2. The van der Waals surface area contributed by atoms with E-state index < -0.39 is 35.4 Å². The van der Waals surface area contributed by atoms with Crippen molar-refractivity contribution in [3.05, 3.63) is 0 Å². The fourth-order valence-electron chi connectivity index (χ4n) is 1.68. The first-order valence-electron chi connectivity index (χ1n) is 7.97. The number of carbonyl (C=O) groups is 3. The van der Waals surface area contributed by atoms with Crippen LogP contribution in [0.5, 0.6) is 0 Å². The number of carboxylic acids is 1. The Labute approximate surface area is 143 Å². The average Bonchev–Trinajstić information content (AvgIpc) is 2.32. The molecule has 0 radical (unpaired) electrons. The van der Waals surface area contributed by atoms with Crippen molar-refractivity contribution in [3.63, 3.8) is 0 Å². The highest BCUT2D eigenvalue weighted by atomic mass is 16.6. The molecule has 0 fully saturated rings. The maximum Gasteiger partial charge on any atom is 0.408 e. The minimum absolute atomic E-state index is 0.178. The molecule has 0 rings (SSSR count). The smallest absolute Gasteiger partial charge is 0.408 e. The molecule has 0 heterocycles. The van der Waals surface area contributed by atoms with Crippen LogP contribution in [0.1, 0.15) is 60.8 Å². The number of hydrogen-bond acceptors (Lipinski definition) is 6. The third-order valence-corrected chi connectivity index (χ3v) is 2.56. The summed E-state index contributed by atoms with van der Waals surface area (Å²) in [6, 6.07) is -1.14. The van der Waals surface area contributed by atoms with E-state index in [1.807, 2.05) is 0 Å². The van der Waals surface area contributed by atoms with Gasteiger partial charge in [0.25, 0.3) is 0 Å². The van der Waals surface area contributed by atoms with Gasteiger partial charge in [-0.25, -0.2) is 9.59 Å². The number of carbonyl (C=O) groups excluding carboxylic acids is 3. The van der Waals surface area contributed by atoms with E-state index in [4.69, 9.17) is 9.47 Å². The fourth-order valence-corrected chi connectivity index (χ4v) is 1.68. The van der Waals surface area contributed by atoms with Gasteiger partial charge in [-0.3, -0.25) is 0 Å². The molecule has 0 unspecified atom stereocenters. The highest BCUT2D eigenvalue weighted by molar-refractivity contribution is 5.78. The van der Waals surface area contributed by atoms with Gasteiger partial charge in [-0.05, 0) is 60.8 Å². The Hall–Kier alpha value is -1.99. The summed E-state index contributed by atoms with van der Waals surface area (Å²) in [7, 11) is 0. The van der Waals surface area contributed by atoms with Crippen LogP contribution in [0, 0.1) is 0 Å². The first-order chi connectivity index (χ1) is 10.8. The molecule has 24 heavy (non-hydrogen) atoms. The van der Waals surface area contributed by atoms with Crippen molar-refractivity contribution in [3.8, 4) is 0 Å². The summed E-state index contributed by atoms with van der Waals surface area (Å²) >= 11 is 0. The molecule has 8 heteroatoms. The van der Waals surface area contributed by atoms with E-state index in [1.54, 1.807) is 41.5 Å². The van der Waals surface area contributed by atoms with Crippen LogP contribution >= 0.6 is 0 Å². The molecule has 0 bridgehead atoms. The average molecular weight is 345 g/mol. The second-order valence-electron chi connectivity index (χ2n) is 7.44. The number of alkyl carbamates (subject to hydrolysis) is 2. The summed E-state index contributed by atoms with van der Waals surface area (Å²) < 4.78 is 10.1. The molecular formula is C16H29N2O6-. The molecule has 8 nitrogen and oxygen atoms in total. The van der Waals surface area contributed by atoms with E-state index in [-0.39, 0.29) is 6.42 Å². The van der Waals surface area contributed by atoms with E-state index in [0.29, 0.717) is 19.4 Å². The molecule has 0 saturated carbocycles. The normalized spacial score (nSPS) is 12.9. The van der Waals surface area contributed by atoms with Gasteiger partial charge >= 0.3 is 12.2 Å². The van der Waals surface area contributed by atoms with Crippen LogP contribution in [-0.2, 0) is 14.3 Å². The number of nitrogens with one attached hydrogen (secondary N) is 2. The molecule has 0 saturated heterocycles. The number of ether oxygens (including phenoxy) is 2. The number of aliphatic carboxylic acids is 1. The Kier molecular flexibility index (Phi) is 8.57. The van der Waals surface area contributed by atoms with Gasteiger partial charge in [0.15, 0.2) is 0 Å². The fraction of sp³-hybridized carbons (Fsp3) is 0.812. The van der Waals surface area contributed by atoms with Crippen molar-refractivity contribution in [1.82, 2.24) is 10.6 Å². The van der Waals surface area contributed by atoms with Crippen molar-refractivity contribution in [2.24, 2.45) is 0 Å². The lowest BCUT2D eigenvalue weighted by molar-refractivity contribution is -0.308. The van der Waals surface area contributed by atoms with E-state index in [1.165, 1.54) is 0 Å². The van der Waals surface area contributed by atoms with Crippen LogP contribution in [0.4, 0.5) is 9.59 Å². The van der Waals surface area contributed by atoms with Gasteiger partial charge in [-0.2, -0.15) is 0 Å². The Balaban J connectivity index is 4.09. The maximum absolute atomic E-state index is 11.6. The molecule has 0 spiro atoms. The van der Waals surface area contributed by atoms with Gasteiger partial charge in [-0.1, -0.05) is 0 Å². The number of hydrogen-bond donors (Lipinski definition) is 2. The highest BCUT2D eigenvalue weighted by Crippen LogP contribution is 2.08. The molecule has 0 aliphatic heterocycles. The number of rotatable bonds is 7. The van der Waals surface area contributed by atoms with E-state index >= 15 is 0 Å². The first-order valence-corrected chi connectivity index (χ1v) is 7.97. The van der Waals surface area contributed by atoms with Crippen LogP contribution in [0.3, 0.4) is 0 Å². The molecule has 2 N–H and O–H groups in total. The molecular weight excluding hydrogens is 316 g/mol. The predicted octanol–water partition coefficient (Wildman–Crippen LogP) is 1.32. The second-order valence-corrected chi connectivity index (χ2v) is 7.44. The summed E-state index contributed by atoms with van der Waals surface area (Å²) in [5.41, 5.74) is -1.28. The van der Waals surface area contributed by atoms with Gasteiger partial charge in [0.2, 0.25) is 0 Å². The van der Waals surface area contributed by atoms with Crippen molar-refractivity contribution >= 4 is 18.2 Å². The van der Waals surface area contributed by atoms with Gasteiger partial charge in [-0.15, -0.1) is 0 Å². The standard InChI is InChI=1S/C16H30N2O6/c1-15(2,3)23-13(21)17-10-8-7-9-11(12(19)20)18-14(22)24-16(4,5)6/h11H,7-10H2,1-6H3,(H,17,21)(H,18,22)(H,19,20)/p-1/t11-/m1/s1. The quantitative estimate of drug-likeness (QED) is 0.672. The van der Waals surface area contributed by atoms with Gasteiger partial charge < -0.3 is 30.0 Å². The largest absolute Gasteiger partial charge is 0.548 e. The lowest BCUT2D eigenvalue weighted by atomic mass is 10.1. The monoisotopic (exact) mass is 345 g/mol. The van der Waals surface area contributed by atoms with Crippen molar-refractivity contribution in [2.75, 3.05) is 6.54 Å². The zero-order chi connectivity index (χ0) is 19.0. The highest BCUT2D eigenvalue weighted by Gasteiger charge is 2.20. The minimum atomic E-state index is -1.37. The topological polar surface area (TPSA) is 117 Å². The van der Waals surface area contributed by atoms with Crippen LogP contribution in [0.25, 0.3) is 0 Å². The molecule has 0 aromatic heterocycles. The molecule has 140 valence electrons. The third-order valence-electron chi connectivity index (χ3n) is 2.56. The molecule has 0 aromatic rings. The summed E-state index contributed by atoms with van der Waals surface area (Å²) in [4.78, 5) is 34.1. The Morgan fingerprint density at radius 1 is 0.917 bits per heavy atom. The van der Waals surface area contributed by atoms with Crippen molar-refractivity contribution in [1.29, 1.82) is 0 Å². The maximum atomic E-state index is 11.6. The Morgan fingerprint density at radius 2 is 1.42 bits per heavy atom. The number of carboxylic acid groups (broad SMARTS) is 1. The summed E-state index contributed by atoms with van der Waals surface area (Å²) in [6.45, 7) is 10.7. The molecule has 1 atom stereocenters. The Morgan fingerprint density at radius 3 is 1.88 bits per heavy atom.